The van der Waals surface area contributed by atoms with Crippen molar-refractivity contribution in [1.29, 1.82) is 0 Å². The molecule has 0 radical (unpaired) electrons. The van der Waals surface area contributed by atoms with Crippen LogP contribution in [0.15, 0.2) is 35.4 Å². The van der Waals surface area contributed by atoms with Crippen LogP contribution >= 0.6 is 11.8 Å². The summed E-state index contributed by atoms with van der Waals surface area (Å²) < 4.78 is 2.17. The lowest BCUT2D eigenvalue weighted by Crippen LogP contribution is -2.22. The SMILES string of the molecule is Cc1c(CNC(C)C)cnn1CC1Cc2ccccc2S1. The average Bonchev–Trinajstić information content (AvgIpc) is 3.01. The van der Waals surface area contributed by atoms with Gasteiger partial charge in [0, 0.05) is 34.0 Å². The molecule has 2 heterocycles. The van der Waals surface area contributed by atoms with E-state index >= 15 is 0 Å². The van der Waals surface area contributed by atoms with Crippen molar-refractivity contribution in [1.82, 2.24) is 15.1 Å². The topological polar surface area (TPSA) is 29.9 Å². The number of hydrogen-bond acceptors (Lipinski definition) is 3. The second-order valence-corrected chi connectivity index (χ2v) is 7.37. The molecule has 0 saturated carbocycles. The summed E-state index contributed by atoms with van der Waals surface area (Å²) in [7, 11) is 0. The summed E-state index contributed by atoms with van der Waals surface area (Å²) in [6.07, 6.45) is 3.16. The van der Waals surface area contributed by atoms with Gasteiger partial charge in [-0.05, 0) is 25.0 Å². The van der Waals surface area contributed by atoms with Crippen LogP contribution in [0.25, 0.3) is 0 Å². The summed E-state index contributed by atoms with van der Waals surface area (Å²) in [4.78, 5) is 1.44. The Hall–Kier alpha value is -1.26. The van der Waals surface area contributed by atoms with Crippen molar-refractivity contribution in [2.75, 3.05) is 0 Å². The molecule has 1 unspecified atom stereocenters. The van der Waals surface area contributed by atoms with Crippen molar-refractivity contribution in [3.8, 4) is 0 Å². The second-order valence-electron chi connectivity index (χ2n) is 6.02. The number of nitrogens with one attached hydrogen (secondary N) is 1. The molecule has 0 aliphatic carbocycles. The molecule has 2 aromatic rings. The molecular formula is C17H23N3S. The lowest BCUT2D eigenvalue weighted by molar-refractivity contribution is 0.570. The Bertz CT molecular complexity index is 593. The lowest BCUT2D eigenvalue weighted by atomic mass is 10.1. The molecular weight excluding hydrogens is 278 g/mol. The Morgan fingerprint density at radius 1 is 1.38 bits per heavy atom. The highest BCUT2D eigenvalue weighted by atomic mass is 32.2. The van der Waals surface area contributed by atoms with Crippen molar-refractivity contribution in [3.05, 3.63) is 47.3 Å². The highest BCUT2D eigenvalue weighted by molar-refractivity contribution is 8.00. The molecule has 0 fully saturated rings. The van der Waals surface area contributed by atoms with E-state index in [9.17, 15) is 0 Å². The maximum Gasteiger partial charge on any atom is 0.0538 e. The fourth-order valence-electron chi connectivity index (χ4n) is 2.71. The summed E-state index contributed by atoms with van der Waals surface area (Å²) in [6.45, 7) is 8.42. The summed E-state index contributed by atoms with van der Waals surface area (Å²) >= 11 is 1.99. The molecule has 3 nitrogen and oxygen atoms in total. The van der Waals surface area contributed by atoms with Crippen LogP contribution in [0.4, 0.5) is 0 Å². The van der Waals surface area contributed by atoms with Gasteiger partial charge >= 0.3 is 0 Å². The molecule has 1 aliphatic heterocycles. The van der Waals surface area contributed by atoms with E-state index in [0.29, 0.717) is 11.3 Å². The van der Waals surface area contributed by atoms with E-state index in [0.717, 1.165) is 19.5 Å². The second kappa shape index (κ2) is 6.24. The average molecular weight is 301 g/mol. The zero-order valence-electron chi connectivity index (χ0n) is 13.0. The van der Waals surface area contributed by atoms with E-state index in [-0.39, 0.29) is 0 Å². The maximum atomic E-state index is 4.58. The van der Waals surface area contributed by atoms with Gasteiger partial charge in [-0.15, -0.1) is 11.8 Å². The molecule has 0 spiro atoms. The largest absolute Gasteiger partial charge is 0.310 e. The van der Waals surface area contributed by atoms with Crippen LogP contribution in [-0.2, 0) is 19.5 Å². The summed E-state index contributed by atoms with van der Waals surface area (Å²) in [5, 5.41) is 8.65. The minimum absolute atomic E-state index is 0.507. The van der Waals surface area contributed by atoms with Gasteiger partial charge in [0.15, 0.2) is 0 Å². The van der Waals surface area contributed by atoms with Gasteiger partial charge in [0.1, 0.15) is 0 Å². The smallest absolute Gasteiger partial charge is 0.0538 e. The van der Waals surface area contributed by atoms with Gasteiger partial charge in [-0.2, -0.15) is 5.10 Å². The van der Waals surface area contributed by atoms with Crippen LogP contribution in [-0.4, -0.2) is 21.1 Å². The molecule has 1 atom stereocenters. The van der Waals surface area contributed by atoms with Crippen molar-refractivity contribution < 1.29 is 0 Å². The monoisotopic (exact) mass is 301 g/mol. The molecule has 0 bridgehead atoms. The minimum atomic E-state index is 0.507. The highest BCUT2D eigenvalue weighted by Crippen LogP contribution is 2.37. The van der Waals surface area contributed by atoms with E-state index in [1.54, 1.807) is 0 Å². The lowest BCUT2D eigenvalue weighted by Gasteiger charge is -2.11. The first-order valence-corrected chi connectivity index (χ1v) is 8.50. The van der Waals surface area contributed by atoms with Crippen molar-refractivity contribution >= 4 is 11.8 Å². The van der Waals surface area contributed by atoms with E-state index in [4.69, 9.17) is 0 Å². The number of rotatable bonds is 5. The number of thioether (sulfide) groups is 1. The molecule has 112 valence electrons. The predicted octanol–water partition coefficient (Wildman–Crippen LogP) is 3.41. The standard InChI is InChI=1S/C17H23N3S/c1-12(2)18-9-15-10-19-20(13(15)3)11-16-8-14-6-4-5-7-17(14)21-16/h4-7,10,12,16,18H,8-9,11H2,1-3H3. The van der Waals surface area contributed by atoms with Gasteiger partial charge in [-0.25, -0.2) is 0 Å². The Morgan fingerprint density at radius 2 is 2.19 bits per heavy atom. The number of nitrogens with zero attached hydrogens (tertiary/aromatic N) is 2. The van der Waals surface area contributed by atoms with Gasteiger partial charge < -0.3 is 5.32 Å². The van der Waals surface area contributed by atoms with Crippen molar-refractivity contribution in [2.45, 2.75) is 56.5 Å². The third kappa shape index (κ3) is 3.33. The molecule has 0 saturated heterocycles. The van der Waals surface area contributed by atoms with Gasteiger partial charge in [-0.3, -0.25) is 4.68 Å². The molecule has 1 aromatic carbocycles. The van der Waals surface area contributed by atoms with Crippen molar-refractivity contribution in [3.63, 3.8) is 0 Å². The van der Waals surface area contributed by atoms with E-state index in [2.05, 4.69) is 60.1 Å². The first-order chi connectivity index (χ1) is 10.1. The molecule has 1 aliphatic rings. The van der Waals surface area contributed by atoms with Crippen LogP contribution in [0.2, 0.25) is 0 Å². The number of hydrogen-bond donors (Lipinski definition) is 1. The predicted molar refractivity (Wildman–Crippen MR) is 88.7 cm³/mol. The third-order valence-electron chi connectivity index (χ3n) is 4.00. The maximum absolute atomic E-state index is 4.58. The molecule has 4 heteroatoms. The fraction of sp³-hybridized carbons (Fsp3) is 0.471. The van der Waals surface area contributed by atoms with E-state index < -0.39 is 0 Å². The fourth-order valence-corrected chi connectivity index (χ4v) is 4.00. The van der Waals surface area contributed by atoms with Crippen LogP contribution < -0.4 is 5.32 Å². The molecule has 1 N–H and O–H groups in total. The minimum Gasteiger partial charge on any atom is -0.310 e. The van der Waals surface area contributed by atoms with Crippen molar-refractivity contribution in [2.24, 2.45) is 0 Å². The zero-order chi connectivity index (χ0) is 14.8. The summed E-state index contributed by atoms with van der Waals surface area (Å²) in [5.41, 5.74) is 4.09. The number of fused-ring (bicyclic) bond motifs is 1. The molecule has 21 heavy (non-hydrogen) atoms. The summed E-state index contributed by atoms with van der Waals surface area (Å²) in [6, 6.07) is 9.25. The van der Waals surface area contributed by atoms with Gasteiger partial charge in [0.05, 0.1) is 12.7 Å². The Labute approximate surface area is 131 Å². The quantitative estimate of drug-likeness (QED) is 0.918. The third-order valence-corrected chi connectivity index (χ3v) is 5.30. The van der Waals surface area contributed by atoms with Gasteiger partial charge in [-0.1, -0.05) is 32.0 Å². The van der Waals surface area contributed by atoms with Crippen LogP contribution in [0.3, 0.4) is 0 Å². The van der Waals surface area contributed by atoms with Crippen LogP contribution in [0, 0.1) is 6.92 Å². The number of aromatic nitrogens is 2. The molecule has 1 aromatic heterocycles. The van der Waals surface area contributed by atoms with Crippen LogP contribution in [0.1, 0.15) is 30.7 Å². The zero-order valence-corrected chi connectivity index (χ0v) is 13.8. The highest BCUT2D eigenvalue weighted by Gasteiger charge is 2.23. The Balaban J connectivity index is 1.64. The first kappa shape index (κ1) is 14.7. The molecule has 3 rings (SSSR count). The van der Waals surface area contributed by atoms with E-state index in [1.165, 1.54) is 21.7 Å². The summed E-state index contributed by atoms with van der Waals surface area (Å²) in [5.74, 6) is 0. The Morgan fingerprint density at radius 3 is 2.95 bits per heavy atom. The van der Waals surface area contributed by atoms with Crippen LogP contribution in [0.5, 0.6) is 0 Å². The first-order valence-electron chi connectivity index (χ1n) is 7.62. The number of benzene rings is 1. The normalized spacial score (nSPS) is 17.4. The van der Waals surface area contributed by atoms with E-state index in [1.807, 2.05) is 18.0 Å². The van der Waals surface area contributed by atoms with Gasteiger partial charge in [0.2, 0.25) is 0 Å². The molecule has 0 amide bonds. The van der Waals surface area contributed by atoms with Gasteiger partial charge in [0.25, 0.3) is 0 Å². The Kier molecular flexibility index (Phi) is 4.36.